The summed E-state index contributed by atoms with van der Waals surface area (Å²) in [5.41, 5.74) is 0.258. The van der Waals surface area contributed by atoms with Crippen LogP contribution in [0.5, 0.6) is 0 Å². The molecule has 0 aromatic carbocycles. The molecule has 0 bridgehead atoms. The third kappa shape index (κ3) is 1.72. The van der Waals surface area contributed by atoms with Crippen LogP contribution in [-0.2, 0) is 0 Å². The zero-order chi connectivity index (χ0) is 12.9. The second-order valence-corrected chi connectivity index (χ2v) is 6.46. The van der Waals surface area contributed by atoms with Gasteiger partial charge in [0.05, 0.1) is 6.04 Å². The zero-order valence-electron chi connectivity index (χ0n) is 11.9. The Morgan fingerprint density at radius 2 is 2.17 bits per heavy atom. The SMILES string of the molecule is Cc1ccc(C(C)N2CC3CNCC3C2(C)C)o1. The summed E-state index contributed by atoms with van der Waals surface area (Å²) in [7, 11) is 0. The van der Waals surface area contributed by atoms with Crippen molar-refractivity contribution in [3.8, 4) is 0 Å². The maximum Gasteiger partial charge on any atom is 0.121 e. The molecule has 0 aliphatic carbocycles. The highest BCUT2D eigenvalue weighted by Crippen LogP contribution is 2.44. The van der Waals surface area contributed by atoms with Gasteiger partial charge < -0.3 is 9.73 Å². The van der Waals surface area contributed by atoms with E-state index in [4.69, 9.17) is 4.42 Å². The second kappa shape index (κ2) is 4.10. The molecular formula is C15H24N2O. The topological polar surface area (TPSA) is 28.4 Å². The molecule has 1 N–H and O–H groups in total. The molecule has 3 heteroatoms. The minimum Gasteiger partial charge on any atom is -0.465 e. The lowest BCUT2D eigenvalue weighted by Crippen LogP contribution is -2.45. The molecule has 3 heterocycles. The van der Waals surface area contributed by atoms with E-state index in [9.17, 15) is 0 Å². The Labute approximate surface area is 110 Å². The molecule has 3 rings (SSSR count). The lowest BCUT2D eigenvalue weighted by Gasteiger charge is -2.39. The highest BCUT2D eigenvalue weighted by atomic mass is 16.3. The number of fused-ring (bicyclic) bond motifs is 1. The average molecular weight is 248 g/mol. The standard InChI is InChI=1S/C15H24N2O/c1-10-5-6-14(18-10)11(2)17-9-12-7-16-8-13(12)15(17,3)4/h5-6,11-13,16H,7-9H2,1-4H3. The first-order chi connectivity index (χ1) is 8.50. The molecule has 1 aromatic rings. The Balaban J connectivity index is 1.84. The molecule has 2 saturated heterocycles. The Morgan fingerprint density at radius 3 is 2.78 bits per heavy atom. The number of hydrogen-bond donors (Lipinski definition) is 1. The summed E-state index contributed by atoms with van der Waals surface area (Å²) < 4.78 is 5.82. The zero-order valence-corrected chi connectivity index (χ0v) is 11.9. The maximum absolute atomic E-state index is 5.82. The average Bonchev–Trinajstić information content (AvgIpc) is 2.96. The number of nitrogens with one attached hydrogen (secondary N) is 1. The van der Waals surface area contributed by atoms with Gasteiger partial charge in [0.2, 0.25) is 0 Å². The Bertz CT molecular complexity index is 437. The van der Waals surface area contributed by atoms with Crippen molar-refractivity contribution in [1.82, 2.24) is 10.2 Å². The van der Waals surface area contributed by atoms with E-state index < -0.39 is 0 Å². The molecule has 2 fully saturated rings. The van der Waals surface area contributed by atoms with Gasteiger partial charge in [0.1, 0.15) is 11.5 Å². The number of furan rings is 1. The first kappa shape index (κ1) is 12.2. The van der Waals surface area contributed by atoms with Crippen molar-refractivity contribution in [1.29, 1.82) is 0 Å². The van der Waals surface area contributed by atoms with Gasteiger partial charge in [-0.2, -0.15) is 0 Å². The van der Waals surface area contributed by atoms with Crippen LogP contribution in [0.2, 0.25) is 0 Å². The van der Waals surface area contributed by atoms with Crippen molar-refractivity contribution < 1.29 is 4.42 Å². The highest BCUT2D eigenvalue weighted by molar-refractivity contribution is 5.13. The predicted molar refractivity (Wildman–Crippen MR) is 72.5 cm³/mol. The van der Waals surface area contributed by atoms with Gasteiger partial charge in [0, 0.05) is 18.6 Å². The van der Waals surface area contributed by atoms with Crippen molar-refractivity contribution in [3.63, 3.8) is 0 Å². The number of rotatable bonds is 2. The van der Waals surface area contributed by atoms with Gasteiger partial charge >= 0.3 is 0 Å². The third-order valence-corrected chi connectivity index (χ3v) is 5.06. The summed E-state index contributed by atoms with van der Waals surface area (Å²) in [4.78, 5) is 2.63. The summed E-state index contributed by atoms with van der Waals surface area (Å²) in [6, 6.07) is 4.57. The summed E-state index contributed by atoms with van der Waals surface area (Å²) in [6.45, 7) is 12.6. The van der Waals surface area contributed by atoms with Crippen molar-refractivity contribution in [2.75, 3.05) is 19.6 Å². The molecule has 1 aromatic heterocycles. The van der Waals surface area contributed by atoms with Crippen LogP contribution in [-0.4, -0.2) is 30.1 Å². The van der Waals surface area contributed by atoms with Gasteiger partial charge in [-0.1, -0.05) is 0 Å². The Morgan fingerprint density at radius 1 is 1.39 bits per heavy atom. The van der Waals surface area contributed by atoms with E-state index >= 15 is 0 Å². The first-order valence-corrected chi connectivity index (χ1v) is 7.04. The predicted octanol–water partition coefficient (Wildman–Crippen LogP) is 2.58. The molecule has 2 aliphatic rings. The molecular weight excluding hydrogens is 224 g/mol. The quantitative estimate of drug-likeness (QED) is 0.872. The van der Waals surface area contributed by atoms with Crippen molar-refractivity contribution in [3.05, 3.63) is 23.7 Å². The summed E-state index contributed by atoms with van der Waals surface area (Å²) in [6.07, 6.45) is 0. The smallest absolute Gasteiger partial charge is 0.121 e. The molecule has 100 valence electrons. The van der Waals surface area contributed by atoms with Gasteiger partial charge in [-0.05, 0) is 58.2 Å². The summed E-state index contributed by atoms with van der Waals surface area (Å²) in [5, 5.41) is 3.53. The fourth-order valence-corrected chi connectivity index (χ4v) is 3.94. The van der Waals surface area contributed by atoms with E-state index in [1.165, 1.54) is 13.1 Å². The van der Waals surface area contributed by atoms with E-state index in [0.717, 1.165) is 29.9 Å². The fraction of sp³-hybridized carbons (Fsp3) is 0.733. The van der Waals surface area contributed by atoms with Crippen molar-refractivity contribution in [2.24, 2.45) is 11.8 Å². The summed E-state index contributed by atoms with van der Waals surface area (Å²) in [5.74, 6) is 3.69. The first-order valence-electron chi connectivity index (χ1n) is 7.04. The monoisotopic (exact) mass is 248 g/mol. The molecule has 0 saturated carbocycles. The van der Waals surface area contributed by atoms with E-state index in [0.29, 0.717) is 6.04 Å². The summed E-state index contributed by atoms with van der Waals surface area (Å²) >= 11 is 0. The van der Waals surface area contributed by atoms with Crippen LogP contribution in [0.4, 0.5) is 0 Å². The molecule has 0 radical (unpaired) electrons. The molecule has 3 unspecified atom stereocenters. The lowest BCUT2D eigenvalue weighted by molar-refractivity contribution is 0.0854. The van der Waals surface area contributed by atoms with E-state index in [1.807, 2.05) is 6.92 Å². The van der Waals surface area contributed by atoms with Crippen LogP contribution < -0.4 is 5.32 Å². The van der Waals surface area contributed by atoms with Crippen LogP contribution >= 0.6 is 0 Å². The van der Waals surface area contributed by atoms with Gasteiger partial charge in [-0.3, -0.25) is 4.90 Å². The molecule has 0 amide bonds. The molecule has 2 aliphatic heterocycles. The molecule has 18 heavy (non-hydrogen) atoms. The fourth-order valence-electron chi connectivity index (χ4n) is 3.94. The van der Waals surface area contributed by atoms with Crippen LogP contribution in [0.15, 0.2) is 16.5 Å². The van der Waals surface area contributed by atoms with Crippen LogP contribution in [0.3, 0.4) is 0 Å². The number of aryl methyl sites for hydroxylation is 1. The van der Waals surface area contributed by atoms with E-state index in [-0.39, 0.29) is 5.54 Å². The highest BCUT2D eigenvalue weighted by Gasteiger charge is 2.51. The maximum atomic E-state index is 5.82. The van der Waals surface area contributed by atoms with Gasteiger partial charge in [-0.15, -0.1) is 0 Å². The number of nitrogens with zero attached hydrogens (tertiary/aromatic N) is 1. The molecule has 3 atom stereocenters. The molecule has 3 nitrogen and oxygen atoms in total. The minimum absolute atomic E-state index is 0.258. The lowest BCUT2D eigenvalue weighted by atomic mass is 9.84. The normalized spacial score (nSPS) is 32.7. The minimum atomic E-state index is 0.258. The van der Waals surface area contributed by atoms with Crippen LogP contribution in [0, 0.1) is 18.8 Å². The van der Waals surface area contributed by atoms with Crippen LogP contribution in [0.25, 0.3) is 0 Å². The second-order valence-electron chi connectivity index (χ2n) is 6.46. The Kier molecular flexibility index (Phi) is 2.79. The number of likely N-dealkylation sites (tertiary alicyclic amines) is 1. The van der Waals surface area contributed by atoms with E-state index in [2.05, 4.69) is 43.1 Å². The Hall–Kier alpha value is -0.800. The van der Waals surface area contributed by atoms with Crippen molar-refractivity contribution in [2.45, 2.75) is 39.3 Å². The third-order valence-electron chi connectivity index (χ3n) is 5.06. The van der Waals surface area contributed by atoms with Gasteiger partial charge in [0.25, 0.3) is 0 Å². The van der Waals surface area contributed by atoms with Gasteiger partial charge in [-0.25, -0.2) is 0 Å². The number of hydrogen-bond acceptors (Lipinski definition) is 3. The van der Waals surface area contributed by atoms with Crippen LogP contribution in [0.1, 0.15) is 38.3 Å². The van der Waals surface area contributed by atoms with Gasteiger partial charge in [0.15, 0.2) is 0 Å². The molecule has 0 spiro atoms. The van der Waals surface area contributed by atoms with Crippen molar-refractivity contribution >= 4 is 0 Å². The van der Waals surface area contributed by atoms with E-state index in [1.54, 1.807) is 0 Å². The largest absolute Gasteiger partial charge is 0.465 e.